The minimum atomic E-state index is -0.575. The molecule has 2 amide bonds. The molecule has 106 valence electrons. The number of hydrogen-bond acceptors (Lipinski definition) is 2. The quantitative estimate of drug-likeness (QED) is 0.826. The Kier molecular flexibility index (Phi) is 4.23. The molecule has 4 heteroatoms. The number of primary amides is 1. The third-order valence-electron chi connectivity index (χ3n) is 3.81. The Bertz CT molecular complexity index is 525. The highest BCUT2D eigenvalue weighted by Crippen LogP contribution is 2.26. The molecular weight excluding hydrogens is 252 g/mol. The molecule has 0 saturated carbocycles. The second-order valence-corrected chi connectivity index (χ2v) is 5.33. The molecule has 0 spiro atoms. The van der Waals surface area contributed by atoms with Crippen molar-refractivity contribution >= 4 is 11.8 Å². The van der Waals surface area contributed by atoms with Crippen LogP contribution in [0.2, 0.25) is 0 Å². The Balaban J connectivity index is 2.16. The number of likely N-dealkylation sites (tertiary alicyclic amines) is 1. The summed E-state index contributed by atoms with van der Waals surface area (Å²) in [7, 11) is 0. The van der Waals surface area contributed by atoms with E-state index in [0.29, 0.717) is 19.4 Å². The number of carbonyl (C=O) groups excluding carboxylic acids is 2. The van der Waals surface area contributed by atoms with Crippen molar-refractivity contribution in [2.24, 2.45) is 11.7 Å². The van der Waals surface area contributed by atoms with E-state index in [1.165, 1.54) is 0 Å². The third-order valence-corrected chi connectivity index (χ3v) is 3.81. The zero-order valence-corrected chi connectivity index (χ0v) is 11.7. The molecule has 20 heavy (non-hydrogen) atoms. The number of nitrogens with two attached hydrogens (primary N) is 1. The lowest BCUT2D eigenvalue weighted by Crippen LogP contribution is -2.47. The van der Waals surface area contributed by atoms with Gasteiger partial charge in [-0.05, 0) is 18.9 Å². The molecule has 1 aliphatic heterocycles. The second-order valence-electron chi connectivity index (χ2n) is 5.33. The van der Waals surface area contributed by atoms with Crippen LogP contribution in [0.4, 0.5) is 0 Å². The van der Waals surface area contributed by atoms with Crippen LogP contribution in [0.5, 0.6) is 0 Å². The van der Waals surface area contributed by atoms with Crippen molar-refractivity contribution in [3.8, 4) is 0 Å². The monoisotopic (exact) mass is 272 g/mol. The van der Waals surface area contributed by atoms with E-state index in [1.807, 2.05) is 37.3 Å². The first-order chi connectivity index (χ1) is 9.50. The van der Waals surface area contributed by atoms with Crippen LogP contribution in [0.3, 0.4) is 0 Å². The molecule has 1 aromatic rings. The first-order valence-corrected chi connectivity index (χ1v) is 6.80. The van der Waals surface area contributed by atoms with Crippen LogP contribution in [0.1, 0.15) is 18.9 Å². The van der Waals surface area contributed by atoms with Gasteiger partial charge >= 0.3 is 0 Å². The zero-order valence-electron chi connectivity index (χ0n) is 11.7. The van der Waals surface area contributed by atoms with Gasteiger partial charge in [0.2, 0.25) is 11.8 Å². The highest BCUT2D eigenvalue weighted by molar-refractivity contribution is 5.90. The number of hydrogen-bond donors (Lipinski definition) is 1. The van der Waals surface area contributed by atoms with Gasteiger partial charge in [-0.3, -0.25) is 9.59 Å². The van der Waals surface area contributed by atoms with E-state index >= 15 is 0 Å². The lowest BCUT2D eigenvalue weighted by molar-refractivity contribution is -0.137. The smallest absolute Gasteiger partial charge is 0.240 e. The van der Waals surface area contributed by atoms with E-state index < -0.39 is 11.9 Å². The Morgan fingerprint density at radius 1 is 1.45 bits per heavy atom. The Morgan fingerprint density at radius 2 is 2.10 bits per heavy atom. The van der Waals surface area contributed by atoms with Gasteiger partial charge in [0.1, 0.15) is 6.04 Å². The Labute approximate surface area is 119 Å². The van der Waals surface area contributed by atoms with Crippen LogP contribution in [0.15, 0.2) is 42.5 Å². The molecule has 4 nitrogen and oxygen atoms in total. The minimum Gasteiger partial charge on any atom is -0.368 e. The maximum atomic E-state index is 12.3. The molecule has 1 heterocycles. The summed E-state index contributed by atoms with van der Waals surface area (Å²) >= 11 is 0. The summed E-state index contributed by atoms with van der Waals surface area (Å²) in [5.74, 6) is -0.658. The van der Waals surface area contributed by atoms with E-state index in [2.05, 4.69) is 6.58 Å². The third kappa shape index (κ3) is 2.90. The summed E-state index contributed by atoms with van der Waals surface area (Å²) in [6.07, 6.45) is 1.18. The highest BCUT2D eigenvalue weighted by atomic mass is 16.2. The van der Waals surface area contributed by atoms with Crippen molar-refractivity contribution in [3.63, 3.8) is 0 Å². The molecule has 0 bridgehead atoms. The second kappa shape index (κ2) is 5.90. The van der Waals surface area contributed by atoms with Crippen molar-refractivity contribution in [1.82, 2.24) is 4.90 Å². The molecule has 2 unspecified atom stereocenters. The van der Waals surface area contributed by atoms with Gasteiger partial charge in [0.15, 0.2) is 0 Å². The van der Waals surface area contributed by atoms with Gasteiger partial charge in [0.05, 0.1) is 5.92 Å². The first kappa shape index (κ1) is 14.3. The topological polar surface area (TPSA) is 63.4 Å². The predicted octanol–water partition coefficient (Wildman–Crippen LogP) is 1.51. The fraction of sp³-hybridized carbons (Fsp3) is 0.375. The van der Waals surface area contributed by atoms with Crippen molar-refractivity contribution in [3.05, 3.63) is 48.0 Å². The van der Waals surface area contributed by atoms with Crippen molar-refractivity contribution < 1.29 is 9.59 Å². The van der Waals surface area contributed by atoms with E-state index in [0.717, 1.165) is 11.1 Å². The average molecular weight is 272 g/mol. The number of amides is 2. The molecule has 0 aliphatic carbocycles. The van der Waals surface area contributed by atoms with E-state index in [1.54, 1.807) is 4.90 Å². The molecular formula is C16H20N2O2. The van der Waals surface area contributed by atoms with Crippen LogP contribution in [-0.4, -0.2) is 29.3 Å². The summed E-state index contributed by atoms with van der Waals surface area (Å²) in [6.45, 7) is 6.26. The summed E-state index contributed by atoms with van der Waals surface area (Å²) < 4.78 is 0. The van der Waals surface area contributed by atoms with Gasteiger partial charge in [0, 0.05) is 13.0 Å². The van der Waals surface area contributed by atoms with Crippen LogP contribution >= 0.6 is 0 Å². The molecule has 1 aromatic carbocycles. The molecule has 1 fully saturated rings. The number of carbonyl (C=O) groups is 2. The molecule has 0 radical (unpaired) electrons. The van der Waals surface area contributed by atoms with Gasteiger partial charge in [-0.2, -0.15) is 0 Å². The SMILES string of the molecule is C=C(C)C1CCN(C(Cc2ccccc2)C(N)=O)C1=O. The predicted molar refractivity (Wildman–Crippen MR) is 77.8 cm³/mol. The maximum Gasteiger partial charge on any atom is 0.240 e. The highest BCUT2D eigenvalue weighted by Gasteiger charge is 2.38. The summed E-state index contributed by atoms with van der Waals surface area (Å²) in [5.41, 5.74) is 7.34. The molecule has 2 atom stereocenters. The summed E-state index contributed by atoms with van der Waals surface area (Å²) in [4.78, 5) is 25.7. The Morgan fingerprint density at radius 3 is 2.60 bits per heavy atom. The molecule has 2 N–H and O–H groups in total. The maximum absolute atomic E-state index is 12.3. The van der Waals surface area contributed by atoms with E-state index in [4.69, 9.17) is 5.73 Å². The van der Waals surface area contributed by atoms with Crippen LogP contribution in [0.25, 0.3) is 0 Å². The largest absolute Gasteiger partial charge is 0.368 e. The number of rotatable bonds is 5. The lowest BCUT2D eigenvalue weighted by Gasteiger charge is -2.25. The molecule has 0 aromatic heterocycles. The van der Waals surface area contributed by atoms with Crippen LogP contribution < -0.4 is 5.73 Å². The van der Waals surface area contributed by atoms with Gasteiger partial charge in [-0.1, -0.05) is 42.5 Å². The van der Waals surface area contributed by atoms with E-state index in [9.17, 15) is 9.59 Å². The average Bonchev–Trinajstić information content (AvgIpc) is 2.79. The minimum absolute atomic E-state index is 0.0303. The Hall–Kier alpha value is -2.10. The standard InChI is InChI=1S/C16H20N2O2/c1-11(2)13-8-9-18(16(13)20)14(15(17)19)10-12-6-4-3-5-7-12/h3-7,13-14H,1,8-10H2,2H3,(H2,17,19). The fourth-order valence-corrected chi connectivity index (χ4v) is 2.67. The van der Waals surface area contributed by atoms with Gasteiger partial charge in [-0.25, -0.2) is 0 Å². The number of nitrogens with zero attached hydrogens (tertiary/aromatic N) is 1. The van der Waals surface area contributed by atoms with E-state index in [-0.39, 0.29) is 11.8 Å². The van der Waals surface area contributed by atoms with Crippen molar-refractivity contribution in [2.45, 2.75) is 25.8 Å². The summed E-state index contributed by atoms with van der Waals surface area (Å²) in [5, 5.41) is 0. The number of benzene rings is 1. The fourth-order valence-electron chi connectivity index (χ4n) is 2.67. The van der Waals surface area contributed by atoms with Gasteiger partial charge < -0.3 is 10.6 Å². The molecule has 1 aliphatic rings. The molecule has 2 rings (SSSR count). The normalized spacial score (nSPS) is 19.9. The van der Waals surface area contributed by atoms with Crippen LogP contribution in [0, 0.1) is 5.92 Å². The van der Waals surface area contributed by atoms with Gasteiger partial charge in [0.25, 0.3) is 0 Å². The van der Waals surface area contributed by atoms with Crippen molar-refractivity contribution in [1.29, 1.82) is 0 Å². The lowest BCUT2D eigenvalue weighted by atomic mass is 10.0. The summed E-state index contributed by atoms with van der Waals surface area (Å²) in [6, 6.07) is 9.04. The van der Waals surface area contributed by atoms with Crippen LogP contribution in [-0.2, 0) is 16.0 Å². The van der Waals surface area contributed by atoms with Gasteiger partial charge in [-0.15, -0.1) is 0 Å². The first-order valence-electron chi connectivity index (χ1n) is 6.80. The zero-order chi connectivity index (χ0) is 14.7. The molecule has 1 saturated heterocycles. The van der Waals surface area contributed by atoms with Crippen molar-refractivity contribution in [2.75, 3.05) is 6.54 Å².